The lowest BCUT2D eigenvalue weighted by atomic mass is 10.2. The lowest BCUT2D eigenvalue weighted by Crippen LogP contribution is -1.84. The second-order valence-corrected chi connectivity index (χ2v) is 2.93. The fourth-order valence-electron chi connectivity index (χ4n) is 0.594. The molecule has 0 aliphatic rings. The summed E-state index contributed by atoms with van der Waals surface area (Å²) in [5.74, 6) is 1.08. The molecule has 1 aromatic heterocycles. The molecule has 56 valence electrons. The van der Waals surface area contributed by atoms with Gasteiger partial charge in [-0.2, -0.15) is 0 Å². The van der Waals surface area contributed by atoms with E-state index < -0.39 is 0 Å². The smallest absolute Gasteiger partial charge is 0.198 e. The van der Waals surface area contributed by atoms with E-state index in [0.717, 1.165) is 17.8 Å². The molecule has 0 aromatic carbocycles. The molecule has 0 amide bonds. The van der Waals surface area contributed by atoms with E-state index in [-0.39, 0.29) is 0 Å². The maximum atomic E-state index is 5.25. The Hall–Kier alpha value is -0.480. The minimum Gasteiger partial charge on any atom is -0.433 e. The van der Waals surface area contributed by atoms with E-state index in [1.54, 1.807) is 6.20 Å². The summed E-state index contributed by atoms with van der Waals surface area (Å²) >= 11 is 1.08. The summed E-state index contributed by atoms with van der Waals surface area (Å²) in [5.41, 5.74) is 0. The Kier molecular flexibility index (Phi) is 2.34. The predicted molar refractivity (Wildman–Crippen MR) is 40.6 cm³/mol. The van der Waals surface area contributed by atoms with Crippen LogP contribution in [0.4, 0.5) is 0 Å². The first kappa shape index (κ1) is 7.63. The first-order chi connectivity index (χ1) is 4.74. The van der Waals surface area contributed by atoms with Crippen molar-refractivity contribution in [2.24, 2.45) is 5.14 Å². The van der Waals surface area contributed by atoms with Gasteiger partial charge in [0.05, 0.1) is 6.20 Å². The van der Waals surface area contributed by atoms with Gasteiger partial charge in [-0.25, -0.2) is 4.98 Å². The SMILES string of the molecule is CC(C)c1ncc(SN)o1. The maximum Gasteiger partial charge on any atom is 0.198 e. The highest BCUT2D eigenvalue weighted by Gasteiger charge is 2.05. The summed E-state index contributed by atoms with van der Waals surface area (Å²) in [7, 11) is 0. The second kappa shape index (κ2) is 3.07. The fourth-order valence-corrected chi connectivity index (χ4v) is 0.841. The second-order valence-electron chi connectivity index (χ2n) is 2.29. The van der Waals surface area contributed by atoms with Crippen LogP contribution in [0.1, 0.15) is 25.7 Å². The van der Waals surface area contributed by atoms with Crippen molar-refractivity contribution in [3.05, 3.63) is 12.1 Å². The van der Waals surface area contributed by atoms with Gasteiger partial charge in [-0.05, 0) is 11.9 Å². The van der Waals surface area contributed by atoms with Gasteiger partial charge in [-0.1, -0.05) is 13.8 Å². The highest BCUT2D eigenvalue weighted by molar-refractivity contribution is 7.96. The molecule has 0 atom stereocenters. The van der Waals surface area contributed by atoms with Gasteiger partial charge in [-0.3, -0.25) is 5.14 Å². The van der Waals surface area contributed by atoms with Crippen LogP contribution >= 0.6 is 11.9 Å². The Morgan fingerprint density at radius 3 is 2.70 bits per heavy atom. The zero-order chi connectivity index (χ0) is 7.56. The number of nitrogens with zero attached hydrogens (tertiary/aromatic N) is 1. The van der Waals surface area contributed by atoms with Gasteiger partial charge in [0, 0.05) is 5.92 Å². The molecule has 4 heteroatoms. The molecule has 0 unspecified atom stereocenters. The molecule has 10 heavy (non-hydrogen) atoms. The number of oxazole rings is 1. The summed E-state index contributed by atoms with van der Waals surface area (Å²) in [6.07, 6.45) is 1.64. The van der Waals surface area contributed by atoms with E-state index in [2.05, 4.69) is 4.98 Å². The maximum absolute atomic E-state index is 5.25. The van der Waals surface area contributed by atoms with Gasteiger partial charge in [-0.15, -0.1) is 0 Å². The van der Waals surface area contributed by atoms with Crippen LogP contribution in [0.5, 0.6) is 0 Å². The highest BCUT2D eigenvalue weighted by atomic mass is 32.2. The van der Waals surface area contributed by atoms with Crippen LogP contribution in [0.3, 0.4) is 0 Å². The quantitative estimate of drug-likeness (QED) is 0.666. The van der Waals surface area contributed by atoms with Gasteiger partial charge in [0.2, 0.25) is 0 Å². The van der Waals surface area contributed by atoms with Crippen LogP contribution < -0.4 is 5.14 Å². The Morgan fingerprint density at radius 1 is 1.70 bits per heavy atom. The average molecular weight is 158 g/mol. The molecule has 0 aliphatic heterocycles. The highest BCUT2D eigenvalue weighted by Crippen LogP contribution is 2.18. The molecular weight excluding hydrogens is 148 g/mol. The standard InChI is InChI=1S/C6H10N2OS/c1-4(2)6-8-3-5(9-6)10-7/h3-4H,7H2,1-2H3. The molecule has 0 radical (unpaired) electrons. The molecular formula is C6H10N2OS. The molecule has 0 saturated heterocycles. The Labute approximate surface area is 64.1 Å². The summed E-state index contributed by atoms with van der Waals surface area (Å²) in [6.45, 7) is 4.05. The normalized spacial score (nSPS) is 10.8. The van der Waals surface area contributed by atoms with Crippen molar-refractivity contribution in [2.45, 2.75) is 24.9 Å². The van der Waals surface area contributed by atoms with E-state index in [1.165, 1.54) is 0 Å². The van der Waals surface area contributed by atoms with Crippen LogP contribution in [0.25, 0.3) is 0 Å². The van der Waals surface area contributed by atoms with Gasteiger partial charge in [0.1, 0.15) is 0 Å². The Morgan fingerprint density at radius 2 is 2.40 bits per heavy atom. The number of hydrogen-bond acceptors (Lipinski definition) is 4. The van der Waals surface area contributed by atoms with E-state index in [4.69, 9.17) is 9.56 Å². The fraction of sp³-hybridized carbons (Fsp3) is 0.500. The largest absolute Gasteiger partial charge is 0.433 e. The first-order valence-corrected chi connectivity index (χ1v) is 3.94. The topological polar surface area (TPSA) is 52.0 Å². The molecule has 0 aliphatic carbocycles. The van der Waals surface area contributed by atoms with Gasteiger partial charge in [0.15, 0.2) is 11.0 Å². The van der Waals surface area contributed by atoms with E-state index >= 15 is 0 Å². The van der Waals surface area contributed by atoms with E-state index in [1.807, 2.05) is 13.8 Å². The summed E-state index contributed by atoms with van der Waals surface area (Å²) in [4.78, 5) is 4.02. The minimum absolute atomic E-state index is 0.334. The molecule has 3 nitrogen and oxygen atoms in total. The number of aromatic nitrogens is 1. The molecule has 1 aromatic rings. The number of rotatable bonds is 2. The molecule has 2 N–H and O–H groups in total. The van der Waals surface area contributed by atoms with Crippen molar-refractivity contribution < 1.29 is 4.42 Å². The molecule has 0 saturated carbocycles. The third-order valence-electron chi connectivity index (χ3n) is 1.11. The van der Waals surface area contributed by atoms with Gasteiger partial charge < -0.3 is 4.42 Å². The van der Waals surface area contributed by atoms with Crippen molar-refractivity contribution in [2.75, 3.05) is 0 Å². The first-order valence-electron chi connectivity index (χ1n) is 3.06. The summed E-state index contributed by atoms with van der Waals surface area (Å²) in [5, 5.41) is 5.92. The van der Waals surface area contributed by atoms with E-state index in [9.17, 15) is 0 Å². The zero-order valence-corrected chi connectivity index (χ0v) is 6.81. The molecule has 0 bridgehead atoms. The molecule has 0 fully saturated rings. The van der Waals surface area contributed by atoms with Crippen molar-refractivity contribution in [1.29, 1.82) is 0 Å². The number of hydrogen-bond donors (Lipinski definition) is 1. The van der Waals surface area contributed by atoms with Crippen molar-refractivity contribution in [3.8, 4) is 0 Å². The lowest BCUT2D eigenvalue weighted by molar-refractivity contribution is 0.406. The lowest BCUT2D eigenvalue weighted by Gasteiger charge is -1.94. The van der Waals surface area contributed by atoms with Crippen LogP contribution in [0, 0.1) is 0 Å². The Balaban J connectivity index is 2.78. The van der Waals surface area contributed by atoms with Crippen LogP contribution in [0.15, 0.2) is 15.7 Å². The monoisotopic (exact) mass is 158 g/mol. The van der Waals surface area contributed by atoms with Crippen LogP contribution in [0.2, 0.25) is 0 Å². The predicted octanol–water partition coefficient (Wildman–Crippen LogP) is 1.76. The Bertz CT molecular complexity index is 209. The van der Waals surface area contributed by atoms with Crippen LogP contribution in [-0.4, -0.2) is 4.98 Å². The third kappa shape index (κ3) is 1.52. The van der Waals surface area contributed by atoms with Crippen molar-refractivity contribution in [1.82, 2.24) is 4.98 Å². The number of nitrogens with two attached hydrogens (primary N) is 1. The summed E-state index contributed by atoms with van der Waals surface area (Å²) < 4.78 is 5.22. The average Bonchev–Trinajstić information content (AvgIpc) is 2.34. The van der Waals surface area contributed by atoms with Gasteiger partial charge in [0.25, 0.3) is 0 Å². The third-order valence-corrected chi connectivity index (χ3v) is 1.53. The van der Waals surface area contributed by atoms with Crippen molar-refractivity contribution in [3.63, 3.8) is 0 Å². The minimum atomic E-state index is 0.334. The van der Waals surface area contributed by atoms with Crippen molar-refractivity contribution >= 4 is 11.9 Å². The molecule has 0 spiro atoms. The summed E-state index contributed by atoms with van der Waals surface area (Å²) in [6, 6.07) is 0. The molecule has 1 heterocycles. The van der Waals surface area contributed by atoms with E-state index in [0.29, 0.717) is 11.0 Å². The van der Waals surface area contributed by atoms with Gasteiger partial charge >= 0.3 is 0 Å². The molecule has 1 rings (SSSR count). The zero-order valence-electron chi connectivity index (χ0n) is 6.00. The van der Waals surface area contributed by atoms with Crippen LogP contribution in [-0.2, 0) is 0 Å².